The van der Waals surface area contributed by atoms with Gasteiger partial charge in [0, 0.05) is 30.1 Å². The van der Waals surface area contributed by atoms with Gasteiger partial charge in [-0.2, -0.15) is 0 Å². The van der Waals surface area contributed by atoms with Crippen LogP contribution in [0.1, 0.15) is 18.4 Å². The van der Waals surface area contributed by atoms with Gasteiger partial charge in [-0.1, -0.05) is 0 Å². The number of nitrogens with one attached hydrogen (secondary N) is 2. The average Bonchev–Trinajstić information content (AvgIpc) is 2.84. The van der Waals surface area contributed by atoms with Crippen LogP contribution in [0.2, 0.25) is 0 Å². The number of cyclic esters (lactones) is 2. The number of fused-ring (bicyclic) bond motifs is 1. The van der Waals surface area contributed by atoms with Gasteiger partial charge in [0.05, 0.1) is 0 Å². The molecule has 0 aliphatic carbocycles. The average molecular weight is 288 g/mol. The minimum Gasteiger partial charge on any atom is -0.508 e. The molecule has 6 heteroatoms. The molecule has 21 heavy (non-hydrogen) atoms. The molecule has 0 spiro atoms. The van der Waals surface area contributed by atoms with E-state index in [1.165, 1.54) is 0 Å². The first kappa shape index (κ1) is 13.6. The Morgan fingerprint density at radius 3 is 3.05 bits per heavy atom. The monoisotopic (exact) mass is 288 g/mol. The first-order chi connectivity index (χ1) is 10.1. The molecule has 1 unspecified atom stereocenters. The molecule has 1 aliphatic heterocycles. The van der Waals surface area contributed by atoms with Crippen LogP contribution in [0.25, 0.3) is 10.9 Å². The number of rotatable bonds is 4. The number of benzene rings is 1. The molecule has 2 heterocycles. The Morgan fingerprint density at radius 1 is 1.38 bits per heavy atom. The topological polar surface area (TPSA) is 91.4 Å². The number of carbonyl (C=O) groups excluding carboxylic acids is 2. The SMILES string of the molecule is O=C1CCC(NCCc2c[nH]c3ccc(O)cc23)C(=O)O1. The van der Waals surface area contributed by atoms with Crippen LogP contribution >= 0.6 is 0 Å². The summed E-state index contributed by atoms with van der Waals surface area (Å²) in [7, 11) is 0. The number of aromatic hydroxyl groups is 1. The molecule has 2 aromatic rings. The fourth-order valence-electron chi connectivity index (χ4n) is 2.55. The van der Waals surface area contributed by atoms with Crippen LogP contribution in [-0.2, 0) is 20.7 Å². The lowest BCUT2D eigenvalue weighted by molar-refractivity contribution is -0.165. The molecule has 1 saturated heterocycles. The van der Waals surface area contributed by atoms with Gasteiger partial charge in [0.15, 0.2) is 0 Å². The lowest BCUT2D eigenvalue weighted by Crippen LogP contribution is -2.43. The number of carbonyl (C=O) groups is 2. The number of ether oxygens (including phenoxy) is 1. The van der Waals surface area contributed by atoms with Crippen LogP contribution in [0, 0.1) is 0 Å². The molecule has 3 N–H and O–H groups in total. The first-order valence-electron chi connectivity index (χ1n) is 6.90. The van der Waals surface area contributed by atoms with E-state index >= 15 is 0 Å². The summed E-state index contributed by atoms with van der Waals surface area (Å²) in [5, 5.41) is 13.6. The normalized spacial score (nSPS) is 19.0. The van der Waals surface area contributed by atoms with Crippen molar-refractivity contribution in [2.45, 2.75) is 25.3 Å². The molecule has 1 aliphatic rings. The standard InChI is InChI=1S/C15H16N2O4/c18-10-1-2-12-11(7-10)9(8-17-12)5-6-16-13-3-4-14(19)21-15(13)20/h1-2,7-8,13,16-18H,3-6H2. The highest BCUT2D eigenvalue weighted by atomic mass is 16.6. The van der Waals surface area contributed by atoms with Crippen LogP contribution in [0.3, 0.4) is 0 Å². The van der Waals surface area contributed by atoms with Crippen LogP contribution in [0.15, 0.2) is 24.4 Å². The Kier molecular flexibility index (Phi) is 3.62. The van der Waals surface area contributed by atoms with Crippen LogP contribution in [0.4, 0.5) is 0 Å². The van der Waals surface area contributed by atoms with Gasteiger partial charge in [0.2, 0.25) is 0 Å². The van der Waals surface area contributed by atoms with Gasteiger partial charge in [-0.05, 0) is 36.6 Å². The molecule has 1 fully saturated rings. The van der Waals surface area contributed by atoms with Gasteiger partial charge >= 0.3 is 11.9 Å². The number of phenolic OH excluding ortho intramolecular Hbond substituents is 1. The van der Waals surface area contributed by atoms with Gasteiger partial charge in [-0.25, -0.2) is 4.79 Å². The van der Waals surface area contributed by atoms with E-state index in [2.05, 4.69) is 15.0 Å². The highest BCUT2D eigenvalue weighted by molar-refractivity contribution is 5.91. The van der Waals surface area contributed by atoms with Gasteiger partial charge in [-0.3, -0.25) is 4.79 Å². The molecule has 0 amide bonds. The summed E-state index contributed by atoms with van der Waals surface area (Å²) in [5.41, 5.74) is 2.03. The van der Waals surface area contributed by atoms with Crippen molar-refractivity contribution < 1.29 is 19.4 Å². The fraction of sp³-hybridized carbons (Fsp3) is 0.333. The molecule has 0 saturated carbocycles. The quantitative estimate of drug-likeness (QED) is 0.581. The molecule has 110 valence electrons. The second-order valence-corrected chi connectivity index (χ2v) is 5.13. The smallest absolute Gasteiger partial charge is 0.330 e. The zero-order valence-corrected chi connectivity index (χ0v) is 11.4. The molecule has 0 bridgehead atoms. The minimum atomic E-state index is -0.497. The zero-order valence-electron chi connectivity index (χ0n) is 11.4. The summed E-state index contributed by atoms with van der Waals surface area (Å²) in [6.45, 7) is 0.594. The van der Waals surface area contributed by atoms with E-state index in [4.69, 9.17) is 0 Å². The number of hydrogen-bond acceptors (Lipinski definition) is 5. The molecule has 3 rings (SSSR count). The minimum absolute atomic E-state index is 0.227. The Balaban J connectivity index is 1.61. The number of esters is 2. The van der Waals surface area contributed by atoms with E-state index in [-0.39, 0.29) is 12.2 Å². The van der Waals surface area contributed by atoms with E-state index in [1.807, 2.05) is 12.3 Å². The number of phenols is 1. The molecule has 6 nitrogen and oxygen atoms in total. The third-order valence-corrected chi connectivity index (χ3v) is 3.67. The number of aromatic amines is 1. The van der Waals surface area contributed by atoms with Gasteiger partial charge in [-0.15, -0.1) is 0 Å². The van der Waals surface area contributed by atoms with Crippen molar-refractivity contribution in [3.05, 3.63) is 30.0 Å². The zero-order chi connectivity index (χ0) is 14.8. The predicted molar refractivity (Wildman–Crippen MR) is 75.8 cm³/mol. The first-order valence-corrected chi connectivity index (χ1v) is 6.90. The highest BCUT2D eigenvalue weighted by Gasteiger charge is 2.28. The Hall–Kier alpha value is -2.34. The van der Waals surface area contributed by atoms with E-state index in [9.17, 15) is 14.7 Å². The molecular formula is C15H16N2O4. The van der Waals surface area contributed by atoms with Crippen molar-refractivity contribution in [2.24, 2.45) is 0 Å². The number of hydrogen-bond donors (Lipinski definition) is 3. The molecule has 0 radical (unpaired) electrons. The van der Waals surface area contributed by atoms with Crippen molar-refractivity contribution in [2.75, 3.05) is 6.54 Å². The third kappa shape index (κ3) is 2.90. The van der Waals surface area contributed by atoms with Crippen LogP contribution in [-0.4, -0.2) is 34.6 Å². The van der Waals surface area contributed by atoms with Crippen molar-refractivity contribution in [1.82, 2.24) is 10.3 Å². The summed E-state index contributed by atoms with van der Waals surface area (Å²) in [6, 6.07) is 4.76. The maximum atomic E-state index is 11.5. The maximum absolute atomic E-state index is 11.5. The van der Waals surface area contributed by atoms with Crippen molar-refractivity contribution in [3.8, 4) is 5.75 Å². The lowest BCUT2D eigenvalue weighted by atomic mass is 10.1. The van der Waals surface area contributed by atoms with Crippen molar-refractivity contribution >= 4 is 22.8 Å². The van der Waals surface area contributed by atoms with E-state index in [0.29, 0.717) is 19.4 Å². The molecular weight excluding hydrogens is 272 g/mol. The highest BCUT2D eigenvalue weighted by Crippen LogP contribution is 2.23. The van der Waals surface area contributed by atoms with Crippen LogP contribution < -0.4 is 5.32 Å². The summed E-state index contributed by atoms with van der Waals surface area (Å²) in [5.74, 6) is -0.723. The second-order valence-electron chi connectivity index (χ2n) is 5.13. The Labute approximate surface area is 121 Å². The third-order valence-electron chi connectivity index (χ3n) is 3.67. The summed E-state index contributed by atoms with van der Waals surface area (Å²) in [6.07, 6.45) is 3.35. The van der Waals surface area contributed by atoms with Crippen molar-refractivity contribution in [3.63, 3.8) is 0 Å². The molecule has 1 aromatic carbocycles. The number of aromatic nitrogens is 1. The largest absolute Gasteiger partial charge is 0.508 e. The number of H-pyrrole nitrogens is 1. The van der Waals surface area contributed by atoms with Gasteiger partial charge in [0.1, 0.15) is 11.8 Å². The maximum Gasteiger partial charge on any atom is 0.330 e. The fourth-order valence-corrected chi connectivity index (χ4v) is 2.55. The Bertz CT molecular complexity index is 692. The molecule has 1 aromatic heterocycles. The van der Waals surface area contributed by atoms with E-state index in [0.717, 1.165) is 16.5 Å². The lowest BCUT2D eigenvalue weighted by Gasteiger charge is -2.20. The summed E-state index contributed by atoms with van der Waals surface area (Å²) < 4.78 is 4.59. The van der Waals surface area contributed by atoms with E-state index < -0.39 is 18.0 Å². The van der Waals surface area contributed by atoms with E-state index in [1.54, 1.807) is 12.1 Å². The Morgan fingerprint density at radius 2 is 2.24 bits per heavy atom. The van der Waals surface area contributed by atoms with Gasteiger partial charge < -0.3 is 20.1 Å². The second kappa shape index (κ2) is 5.57. The summed E-state index contributed by atoms with van der Waals surface area (Å²) in [4.78, 5) is 25.6. The van der Waals surface area contributed by atoms with Crippen LogP contribution in [0.5, 0.6) is 5.75 Å². The molecule has 1 atom stereocenters. The summed E-state index contributed by atoms with van der Waals surface area (Å²) >= 11 is 0. The van der Waals surface area contributed by atoms with Gasteiger partial charge in [0.25, 0.3) is 0 Å². The predicted octanol–water partition coefficient (Wildman–Crippen LogP) is 1.24. The van der Waals surface area contributed by atoms with Crippen molar-refractivity contribution in [1.29, 1.82) is 0 Å².